The monoisotopic (exact) mass is 900 g/mol. The molecule has 2 bridgehead atoms. The molecule has 14 heteroatoms. The molecule has 14 nitrogen and oxygen atoms in total. The summed E-state index contributed by atoms with van der Waals surface area (Å²) in [5.41, 5.74) is 1.27. The normalized spacial score (nSPS) is 38.4. The number of nitrogens with zero attached hydrogens (tertiary/aromatic N) is 1. The maximum atomic E-state index is 14.3. The minimum absolute atomic E-state index is 0.0239. The van der Waals surface area contributed by atoms with Crippen molar-refractivity contribution in [3.63, 3.8) is 0 Å². The van der Waals surface area contributed by atoms with Gasteiger partial charge >= 0.3 is 5.97 Å². The molecule has 0 aromatic carbocycles. The van der Waals surface area contributed by atoms with Gasteiger partial charge in [-0.2, -0.15) is 0 Å². The van der Waals surface area contributed by atoms with Gasteiger partial charge in [0, 0.05) is 59.0 Å². The van der Waals surface area contributed by atoms with Crippen LogP contribution in [-0.4, -0.2) is 132 Å². The van der Waals surface area contributed by atoms with E-state index in [0.717, 1.165) is 12.0 Å². The smallest absolute Gasteiger partial charge is 0.329 e. The number of esters is 1. The zero-order chi connectivity index (χ0) is 47.3. The molecular formula is C50H77NO13. The van der Waals surface area contributed by atoms with Crippen LogP contribution in [0.5, 0.6) is 0 Å². The largest absolute Gasteiger partial charge is 0.460 e. The second-order valence-electron chi connectivity index (χ2n) is 19.1. The van der Waals surface area contributed by atoms with Crippen molar-refractivity contribution >= 4 is 29.2 Å². The molecule has 64 heavy (non-hydrogen) atoms. The molecule has 1 aliphatic carbocycles. The number of allylic oxidation sites excluding steroid dienone is 6. The van der Waals surface area contributed by atoms with Gasteiger partial charge in [-0.05, 0) is 107 Å². The van der Waals surface area contributed by atoms with Crippen molar-refractivity contribution in [2.75, 3.05) is 27.9 Å². The van der Waals surface area contributed by atoms with Crippen LogP contribution in [0.15, 0.2) is 47.6 Å². The van der Waals surface area contributed by atoms with E-state index >= 15 is 0 Å². The molecule has 14 atom stereocenters. The number of aliphatic hydroxyl groups is 3. The zero-order valence-electron chi connectivity index (χ0n) is 39.7. The number of amides is 1. The van der Waals surface area contributed by atoms with Gasteiger partial charge in [0.25, 0.3) is 11.7 Å². The average Bonchev–Trinajstić information content (AvgIpc) is 3.27. The molecule has 360 valence electrons. The quantitative estimate of drug-likeness (QED) is 0.161. The Kier molecular flexibility index (Phi) is 20.8. The zero-order valence-corrected chi connectivity index (χ0v) is 39.7. The number of ketones is 3. The van der Waals surface area contributed by atoms with Gasteiger partial charge in [-0.15, -0.1) is 0 Å². The van der Waals surface area contributed by atoms with Crippen LogP contribution < -0.4 is 0 Å². The predicted octanol–water partition coefficient (Wildman–Crippen LogP) is 5.93. The average molecular weight is 900 g/mol. The second kappa shape index (κ2) is 25.0. The summed E-state index contributed by atoms with van der Waals surface area (Å²) in [5, 5.41) is 33.7. The number of Topliss-reactive ketones (excluding diaryl/α,β-unsaturated/α-hetero) is 3. The number of carbonyl (C=O) groups is 5. The molecule has 3 heterocycles. The lowest BCUT2D eigenvalue weighted by Crippen LogP contribution is -2.61. The van der Waals surface area contributed by atoms with Gasteiger partial charge in [0.1, 0.15) is 30.1 Å². The van der Waals surface area contributed by atoms with Gasteiger partial charge in [0.05, 0.1) is 24.4 Å². The summed E-state index contributed by atoms with van der Waals surface area (Å²) in [6.45, 7) is 11.0. The highest BCUT2D eigenvalue weighted by molar-refractivity contribution is 6.39. The number of carbonyl (C=O) groups excluding carboxylic acids is 5. The molecule has 2 saturated heterocycles. The Balaban J connectivity index is 1.68. The first-order chi connectivity index (χ1) is 30.3. The maximum Gasteiger partial charge on any atom is 0.329 e. The van der Waals surface area contributed by atoms with E-state index in [1.54, 1.807) is 34.1 Å². The van der Waals surface area contributed by atoms with Gasteiger partial charge in [0.15, 0.2) is 5.78 Å². The van der Waals surface area contributed by atoms with E-state index in [1.165, 1.54) is 12.0 Å². The Morgan fingerprint density at radius 3 is 2.28 bits per heavy atom. The number of cyclic esters (lactones) is 1. The fourth-order valence-electron chi connectivity index (χ4n) is 9.85. The van der Waals surface area contributed by atoms with Crippen LogP contribution in [0.3, 0.4) is 0 Å². The number of hydrogen-bond donors (Lipinski definition) is 3. The first-order valence-corrected chi connectivity index (χ1v) is 23.5. The van der Waals surface area contributed by atoms with Crippen LogP contribution in [0.25, 0.3) is 0 Å². The summed E-state index contributed by atoms with van der Waals surface area (Å²) in [4.78, 5) is 71.2. The second-order valence-corrected chi connectivity index (χ2v) is 19.1. The summed E-state index contributed by atoms with van der Waals surface area (Å²) in [5.74, 6) is -7.18. The van der Waals surface area contributed by atoms with Crippen molar-refractivity contribution in [1.82, 2.24) is 4.90 Å². The topological polar surface area (TPSA) is 195 Å². The summed E-state index contributed by atoms with van der Waals surface area (Å²) < 4.78 is 29.2. The van der Waals surface area contributed by atoms with Crippen molar-refractivity contribution in [2.45, 2.75) is 180 Å². The lowest BCUT2D eigenvalue weighted by molar-refractivity contribution is -0.265. The first kappa shape index (κ1) is 53.2. The molecule has 0 aromatic rings. The van der Waals surface area contributed by atoms with Gasteiger partial charge in [0.2, 0.25) is 5.79 Å². The first-order valence-electron chi connectivity index (χ1n) is 23.5. The van der Waals surface area contributed by atoms with Gasteiger partial charge < -0.3 is 43.9 Å². The number of rotatable bonds is 6. The highest BCUT2D eigenvalue weighted by atomic mass is 16.6. The van der Waals surface area contributed by atoms with Gasteiger partial charge in [-0.25, -0.2) is 4.79 Å². The van der Waals surface area contributed by atoms with Gasteiger partial charge in [-0.3, -0.25) is 19.2 Å². The Morgan fingerprint density at radius 1 is 0.859 bits per heavy atom. The number of ether oxygens (including phenoxy) is 5. The van der Waals surface area contributed by atoms with E-state index in [4.69, 9.17) is 23.7 Å². The Morgan fingerprint density at radius 2 is 1.59 bits per heavy atom. The van der Waals surface area contributed by atoms with Crippen molar-refractivity contribution in [1.29, 1.82) is 0 Å². The van der Waals surface area contributed by atoms with Crippen molar-refractivity contribution < 1.29 is 63.0 Å². The highest BCUT2D eigenvalue weighted by Gasteiger charge is 2.53. The molecule has 3 aliphatic heterocycles. The van der Waals surface area contributed by atoms with Crippen LogP contribution in [0, 0.1) is 29.6 Å². The molecule has 2 unspecified atom stereocenters. The molecule has 3 fully saturated rings. The van der Waals surface area contributed by atoms with Crippen LogP contribution in [0.2, 0.25) is 0 Å². The van der Waals surface area contributed by atoms with E-state index in [2.05, 4.69) is 0 Å². The molecule has 4 rings (SSSR count). The molecule has 0 spiro atoms. The standard InChI is InChI=1S/C50H77NO13/c1-30-15-11-10-12-16-31(2)41(60-7)29-38-22-19-35(6)50(59,64-38)47(56)48(57)51-24-14-13-17-39(51)49(58)63-42(33(4)26-36-20-23-40(53)43(27-36)61-8)28-37(52)21-18-32(3)44(54)46(62-9)45(55)34(5)25-30/h10-12,15-16,18,30,33-36,38-44,46,53-54,59H,13-14,17,19-29H2,1-9H3/b12-10?,15-11+,31-16?,32-18+/t30?,33-,34-,35-,36+,38?,39+,40-,41+,42+,43-,44-,46-,50-/m1/s1. The molecule has 0 radical (unpaired) electrons. The number of aliphatic hydroxyl groups excluding tert-OH is 2. The minimum atomic E-state index is -2.42. The number of hydrogen-bond acceptors (Lipinski definition) is 13. The lowest BCUT2D eigenvalue weighted by Gasteiger charge is -2.42. The Labute approximate surface area is 380 Å². The highest BCUT2D eigenvalue weighted by Crippen LogP contribution is 2.37. The van der Waals surface area contributed by atoms with E-state index in [-0.39, 0.29) is 61.2 Å². The third kappa shape index (κ3) is 14.1. The molecular weight excluding hydrogens is 823 g/mol. The maximum absolute atomic E-state index is 14.3. The van der Waals surface area contributed by atoms with E-state index in [0.29, 0.717) is 63.4 Å². The Hall–Kier alpha value is -3.37. The SMILES string of the molecule is CO[C@H]1CC2CC[C@@H](C)[C@@](O)(O2)C(=O)C(=O)N2CCCC[C@H]2C(=O)O[C@H]([C@H](C)C[C@@H]2CC[C@@H](O)[C@H](OC)C2)CC(=O)C/C=C(\C)[C@@H](O)[C@@H](OC)C(=O)[C@H](C)CC(C)/C=C/C=CC=C1C. The third-order valence-corrected chi connectivity index (χ3v) is 14.1. The predicted molar refractivity (Wildman–Crippen MR) is 241 cm³/mol. The van der Waals surface area contributed by atoms with Crippen LogP contribution in [0.1, 0.15) is 125 Å². The lowest BCUT2D eigenvalue weighted by atomic mass is 9.78. The van der Waals surface area contributed by atoms with E-state index in [1.807, 2.05) is 58.1 Å². The molecule has 0 aromatic heterocycles. The van der Waals surface area contributed by atoms with Crippen molar-refractivity contribution in [3.8, 4) is 0 Å². The molecule has 4 aliphatic rings. The number of fused-ring (bicyclic) bond motifs is 3. The fourth-order valence-corrected chi connectivity index (χ4v) is 9.85. The summed E-state index contributed by atoms with van der Waals surface area (Å²) in [6, 6.07) is -1.13. The van der Waals surface area contributed by atoms with Crippen molar-refractivity contribution in [2.24, 2.45) is 29.6 Å². The molecule has 3 N–H and O–H groups in total. The van der Waals surface area contributed by atoms with E-state index in [9.17, 15) is 39.3 Å². The van der Waals surface area contributed by atoms with Crippen LogP contribution in [0.4, 0.5) is 0 Å². The minimum Gasteiger partial charge on any atom is -0.460 e. The number of methoxy groups -OCH3 is 3. The Bertz CT molecular complexity index is 1720. The molecule has 1 saturated carbocycles. The number of piperidine rings is 1. The van der Waals surface area contributed by atoms with E-state index < -0.39 is 77.9 Å². The van der Waals surface area contributed by atoms with Crippen LogP contribution >= 0.6 is 0 Å². The summed E-state index contributed by atoms with van der Waals surface area (Å²) in [6.07, 6.45) is 11.1. The third-order valence-electron chi connectivity index (χ3n) is 14.1. The summed E-state index contributed by atoms with van der Waals surface area (Å²) in [7, 11) is 4.51. The fraction of sp³-hybridized carbons (Fsp3) is 0.740. The molecule has 1 amide bonds. The van der Waals surface area contributed by atoms with Crippen LogP contribution in [-0.2, 0) is 47.7 Å². The van der Waals surface area contributed by atoms with Crippen molar-refractivity contribution in [3.05, 3.63) is 47.6 Å². The van der Waals surface area contributed by atoms with Gasteiger partial charge in [-0.1, -0.05) is 64.2 Å². The summed E-state index contributed by atoms with van der Waals surface area (Å²) >= 11 is 0.